The number of hydrogen-bond acceptors (Lipinski definition) is 4. The first kappa shape index (κ1) is 14.1. The van der Waals surface area contributed by atoms with Gasteiger partial charge in [-0.1, -0.05) is 6.92 Å². The van der Waals surface area contributed by atoms with Crippen molar-refractivity contribution in [1.29, 1.82) is 0 Å². The Balaban J connectivity index is 2.48. The molecule has 0 spiro atoms. The van der Waals surface area contributed by atoms with E-state index in [4.69, 9.17) is 10.2 Å². The van der Waals surface area contributed by atoms with Gasteiger partial charge in [0.25, 0.3) is 0 Å². The molecule has 7 heteroatoms. The summed E-state index contributed by atoms with van der Waals surface area (Å²) in [5.41, 5.74) is 0. The number of aliphatic carboxylic acids is 1. The van der Waals surface area contributed by atoms with E-state index in [1.807, 2.05) is 11.8 Å². The van der Waals surface area contributed by atoms with Gasteiger partial charge in [-0.05, 0) is 6.42 Å². The van der Waals surface area contributed by atoms with Crippen molar-refractivity contribution in [2.45, 2.75) is 24.6 Å². The monoisotopic (exact) mass is 262 g/mol. The molecule has 0 aliphatic carbocycles. The minimum Gasteiger partial charge on any atom is -0.480 e. The second-order valence-corrected chi connectivity index (χ2v) is 5.28. The standard InChI is InChI=1S/C10H18N2O4S/c1-2-7-5-12(3-4-17-7)10(16)11-8(6-13)9(14)15/h7-8,13H,2-6H2,1H3,(H,11,16)(H,14,15). The number of nitrogens with zero attached hydrogens (tertiary/aromatic N) is 1. The first-order valence-corrected chi connectivity index (χ1v) is 6.64. The van der Waals surface area contributed by atoms with Crippen LogP contribution in [0.25, 0.3) is 0 Å². The highest BCUT2D eigenvalue weighted by molar-refractivity contribution is 8.00. The molecule has 0 aromatic rings. The van der Waals surface area contributed by atoms with Crippen LogP contribution in [0.3, 0.4) is 0 Å². The van der Waals surface area contributed by atoms with Gasteiger partial charge in [-0.2, -0.15) is 11.8 Å². The quantitative estimate of drug-likeness (QED) is 0.662. The maximum atomic E-state index is 11.8. The van der Waals surface area contributed by atoms with Crippen molar-refractivity contribution in [2.24, 2.45) is 0 Å². The second-order valence-electron chi connectivity index (χ2n) is 3.87. The molecule has 3 N–H and O–H groups in total. The number of carboxylic acid groups (broad SMARTS) is 1. The van der Waals surface area contributed by atoms with Crippen LogP contribution in [0.15, 0.2) is 0 Å². The highest BCUT2D eigenvalue weighted by Crippen LogP contribution is 2.20. The number of carbonyl (C=O) groups excluding carboxylic acids is 1. The Bertz CT molecular complexity index is 287. The van der Waals surface area contributed by atoms with E-state index < -0.39 is 24.6 Å². The number of nitrogens with one attached hydrogen (secondary N) is 1. The fourth-order valence-electron chi connectivity index (χ4n) is 1.58. The van der Waals surface area contributed by atoms with Gasteiger partial charge in [-0.3, -0.25) is 0 Å². The van der Waals surface area contributed by atoms with Crippen molar-refractivity contribution in [1.82, 2.24) is 10.2 Å². The maximum absolute atomic E-state index is 11.8. The maximum Gasteiger partial charge on any atom is 0.328 e. The van der Waals surface area contributed by atoms with Gasteiger partial charge in [0.05, 0.1) is 6.61 Å². The number of aliphatic hydroxyl groups excluding tert-OH is 1. The number of aliphatic hydroxyl groups is 1. The molecule has 1 aliphatic heterocycles. The third-order valence-corrected chi connectivity index (χ3v) is 4.03. The summed E-state index contributed by atoms with van der Waals surface area (Å²) < 4.78 is 0. The summed E-state index contributed by atoms with van der Waals surface area (Å²) in [6.45, 7) is 2.71. The normalized spacial score (nSPS) is 22.0. The SMILES string of the molecule is CCC1CN(C(=O)NC(CO)C(=O)O)CCS1. The molecule has 0 saturated carbocycles. The second kappa shape index (κ2) is 6.70. The molecule has 2 atom stereocenters. The third-order valence-electron chi connectivity index (χ3n) is 2.66. The average molecular weight is 262 g/mol. The van der Waals surface area contributed by atoms with Crippen LogP contribution in [-0.2, 0) is 4.79 Å². The molecule has 2 unspecified atom stereocenters. The van der Waals surface area contributed by atoms with E-state index in [0.717, 1.165) is 12.2 Å². The lowest BCUT2D eigenvalue weighted by Crippen LogP contribution is -2.52. The summed E-state index contributed by atoms with van der Waals surface area (Å²) in [5, 5.41) is 20.3. The zero-order valence-electron chi connectivity index (χ0n) is 9.76. The number of hydrogen-bond donors (Lipinski definition) is 3. The lowest BCUT2D eigenvalue weighted by atomic mass is 10.3. The Labute approximate surface area is 104 Å². The Morgan fingerprint density at radius 3 is 2.82 bits per heavy atom. The highest BCUT2D eigenvalue weighted by Gasteiger charge is 2.26. The fourth-order valence-corrected chi connectivity index (χ4v) is 2.76. The zero-order valence-corrected chi connectivity index (χ0v) is 10.6. The predicted molar refractivity (Wildman–Crippen MR) is 65.2 cm³/mol. The van der Waals surface area contributed by atoms with Crippen molar-refractivity contribution < 1.29 is 19.8 Å². The van der Waals surface area contributed by atoms with Gasteiger partial charge in [-0.25, -0.2) is 9.59 Å². The average Bonchev–Trinajstić information content (AvgIpc) is 2.35. The van der Waals surface area contributed by atoms with E-state index in [9.17, 15) is 9.59 Å². The number of carboxylic acids is 1. The van der Waals surface area contributed by atoms with E-state index in [1.165, 1.54) is 0 Å². The summed E-state index contributed by atoms with van der Waals surface area (Å²) in [5.74, 6) is -0.359. The summed E-state index contributed by atoms with van der Waals surface area (Å²) >= 11 is 1.83. The van der Waals surface area contributed by atoms with Gasteiger partial charge in [0.1, 0.15) is 0 Å². The van der Waals surface area contributed by atoms with Crippen LogP contribution in [0.4, 0.5) is 4.79 Å². The molecule has 2 amide bonds. The van der Waals surface area contributed by atoms with E-state index in [1.54, 1.807) is 4.90 Å². The van der Waals surface area contributed by atoms with E-state index in [-0.39, 0.29) is 0 Å². The van der Waals surface area contributed by atoms with E-state index >= 15 is 0 Å². The summed E-state index contributed by atoms with van der Waals surface area (Å²) in [6, 6.07) is -1.64. The zero-order chi connectivity index (χ0) is 12.8. The van der Waals surface area contributed by atoms with E-state index in [0.29, 0.717) is 18.3 Å². The molecule has 0 bridgehead atoms. The number of carbonyl (C=O) groups is 2. The van der Waals surface area contributed by atoms with Gasteiger partial charge in [-0.15, -0.1) is 0 Å². The molecule has 1 fully saturated rings. The van der Waals surface area contributed by atoms with Crippen LogP contribution in [0.5, 0.6) is 0 Å². The van der Waals surface area contributed by atoms with Crippen LogP contribution in [0, 0.1) is 0 Å². The minimum absolute atomic E-state index is 0.409. The van der Waals surface area contributed by atoms with Gasteiger partial charge in [0, 0.05) is 24.1 Å². The number of amides is 2. The van der Waals surface area contributed by atoms with Crippen molar-refractivity contribution in [3.8, 4) is 0 Å². The Kier molecular flexibility index (Phi) is 5.57. The smallest absolute Gasteiger partial charge is 0.328 e. The lowest BCUT2D eigenvalue weighted by molar-refractivity contribution is -0.140. The number of rotatable bonds is 4. The minimum atomic E-state index is -1.22. The number of urea groups is 1. The van der Waals surface area contributed by atoms with Crippen LogP contribution in [0.1, 0.15) is 13.3 Å². The van der Waals surface area contributed by atoms with Crippen LogP contribution >= 0.6 is 11.8 Å². The molecule has 1 aliphatic rings. The highest BCUT2D eigenvalue weighted by atomic mass is 32.2. The predicted octanol–water partition coefficient (Wildman–Crippen LogP) is -0.0311. The van der Waals surface area contributed by atoms with E-state index in [2.05, 4.69) is 12.2 Å². The Morgan fingerprint density at radius 1 is 1.59 bits per heavy atom. The molecule has 0 aromatic heterocycles. The molecule has 17 heavy (non-hydrogen) atoms. The first-order valence-electron chi connectivity index (χ1n) is 5.59. The summed E-state index contributed by atoms with van der Waals surface area (Å²) in [6.07, 6.45) is 0.983. The van der Waals surface area contributed by atoms with Crippen molar-refractivity contribution in [3.05, 3.63) is 0 Å². The summed E-state index contributed by atoms with van der Waals surface area (Å²) in [7, 11) is 0. The van der Waals surface area contributed by atoms with Gasteiger partial charge < -0.3 is 20.4 Å². The molecule has 1 saturated heterocycles. The fraction of sp³-hybridized carbons (Fsp3) is 0.800. The Hall–Kier alpha value is -0.950. The van der Waals surface area contributed by atoms with Crippen LogP contribution < -0.4 is 5.32 Å². The Morgan fingerprint density at radius 2 is 2.29 bits per heavy atom. The van der Waals surface area contributed by atoms with Gasteiger partial charge in [0.2, 0.25) is 0 Å². The topological polar surface area (TPSA) is 89.9 Å². The first-order chi connectivity index (χ1) is 8.08. The molecule has 1 heterocycles. The van der Waals surface area contributed by atoms with Gasteiger partial charge in [0.15, 0.2) is 6.04 Å². The van der Waals surface area contributed by atoms with Crippen molar-refractivity contribution >= 4 is 23.8 Å². The summed E-state index contributed by atoms with van der Waals surface area (Å²) in [4.78, 5) is 24.0. The van der Waals surface area contributed by atoms with Crippen LogP contribution in [0.2, 0.25) is 0 Å². The molecular formula is C10H18N2O4S. The van der Waals surface area contributed by atoms with Gasteiger partial charge >= 0.3 is 12.0 Å². The molecule has 1 rings (SSSR count). The lowest BCUT2D eigenvalue weighted by Gasteiger charge is -2.32. The van der Waals surface area contributed by atoms with Crippen LogP contribution in [-0.4, -0.2) is 63.9 Å². The largest absolute Gasteiger partial charge is 0.480 e. The van der Waals surface area contributed by atoms with Crippen molar-refractivity contribution in [2.75, 3.05) is 25.4 Å². The molecule has 6 nitrogen and oxygen atoms in total. The molecule has 98 valence electrons. The molecule has 0 radical (unpaired) electrons. The van der Waals surface area contributed by atoms with Crippen molar-refractivity contribution in [3.63, 3.8) is 0 Å². The molecular weight excluding hydrogens is 244 g/mol. The number of thioether (sulfide) groups is 1. The third kappa shape index (κ3) is 4.08. The molecule has 0 aromatic carbocycles.